The normalized spacial score (nSPS) is 17.9. The fourth-order valence-corrected chi connectivity index (χ4v) is 6.38. The number of pyridine rings is 1. The molecule has 14 heteroatoms. The van der Waals surface area contributed by atoms with E-state index in [0.717, 1.165) is 43.6 Å². The van der Waals surface area contributed by atoms with Crippen LogP contribution >= 0.6 is 23.2 Å². The van der Waals surface area contributed by atoms with Crippen LogP contribution in [-0.2, 0) is 16.1 Å². The third-order valence-electron chi connectivity index (χ3n) is 8.35. The first-order valence-corrected chi connectivity index (χ1v) is 16.1. The first kappa shape index (κ1) is 33.6. The molecule has 1 aromatic carbocycles. The Kier molecular flexibility index (Phi) is 11.5. The number of nitrogens with zero attached hydrogens (tertiary/aromatic N) is 6. The van der Waals surface area contributed by atoms with E-state index < -0.39 is 12.1 Å². The second-order valence-electron chi connectivity index (χ2n) is 11.7. The Morgan fingerprint density at radius 1 is 1.02 bits per heavy atom. The van der Waals surface area contributed by atoms with Gasteiger partial charge in [0.25, 0.3) is 0 Å². The maximum atomic E-state index is 11.5. The number of amides is 1. The van der Waals surface area contributed by atoms with Crippen LogP contribution in [0.3, 0.4) is 0 Å². The average molecular weight is 673 g/mol. The molecule has 12 nitrogen and oxygen atoms in total. The van der Waals surface area contributed by atoms with Gasteiger partial charge in [-0.05, 0) is 68.6 Å². The summed E-state index contributed by atoms with van der Waals surface area (Å²) in [4.78, 5) is 43.0. The fraction of sp³-hybridized carbons (Fsp3) is 0.469. The average Bonchev–Trinajstić information content (AvgIpc) is 3.03. The van der Waals surface area contributed by atoms with Gasteiger partial charge >= 0.3 is 12.1 Å². The summed E-state index contributed by atoms with van der Waals surface area (Å²) in [5, 5.41) is 12.9. The maximum absolute atomic E-state index is 11.5. The van der Waals surface area contributed by atoms with Crippen LogP contribution in [0.5, 0.6) is 11.6 Å². The number of carboxylic acids is 1. The van der Waals surface area contributed by atoms with E-state index in [1.807, 2.05) is 24.3 Å². The predicted octanol–water partition coefficient (Wildman–Crippen LogP) is 5.19. The number of carboxylic acid groups (broad SMARTS) is 1. The summed E-state index contributed by atoms with van der Waals surface area (Å²) in [6.45, 7) is 7.86. The van der Waals surface area contributed by atoms with Gasteiger partial charge in [0, 0.05) is 67.0 Å². The number of ether oxygens (including phenoxy) is 2. The SMILES string of the molecule is COC(=O)NCC1CCN(Cc2cc(Oc3cnc(N4CCN(CCC(=O)O)[C@@H](C)C4)nc3)nc(-c3cc(Cl)cc(Cl)c3)c2)CC1. The first-order valence-electron chi connectivity index (χ1n) is 15.4. The molecule has 2 aliphatic rings. The zero-order chi connectivity index (χ0) is 32.6. The number of hydrogen-bond acceptors (Lipinski definition) is 10. The number of piperidine rings is 1. The van der Waals surface area contributed by atoms with E-state index in [1.54, 1.807) is 18.5 Å². The van der Waals surface area contributed by atoms with Gasteiger partial charge in [-0.25, -0.2) is 19.7 Å². The molecule has 3 aromatic rings. The summed E-state index contributed by atoms with van der Waals surface area (Å²) in [7, 11) is 1.37. The molecule has 5 rings (SSSR count). The quantitative estimate of drug-likeness (QED) is 0.279. The van der Waals surface area contributed by atoms with Gasteiger partial charge in [-0.15, -0.1) is 0 Å². The standard InChI is InChI=1S/C32H39Cl2N7O5/c1-21-19-41(10-9-40(21)8-5-30(42)43)31-35-17-27(18-36-31)46-29-12-23(11-28(38-29)24-13-25(33)15-26(34)14-24)20-39-6-3-22(4-7-39)16-37-32(44)45-2/h11-15,17-18,21-22H,3-10,16,19-20H2,1-2H3,(H,37,44)(H,42,43)/t21-/m0/s1. The van der Waals surface area contributed by atoms with Gasteiger partial charge in [0.15, 0.2) is 5.75 Å². The first-order chi connectivity index (χ1) is 22.1. The number of carbonyl (C=O) groups is 2. The summed E-state index contributed by atoms with van der Waals surface area (Å²) < 4.78 is 10.9. The Bertz CT molecular complexity index is 1480. The summed E-state index contributed by atoms with van der Waals surface area (Å²) in [5.41, 5.74) is 2.48. The molecule has 2 fully saturated rings. The largest absolute Gasteiger partial charge is 0.481 e. The molecule has 4 heterocycles. The van der Waals surface area contributed by atoms with Crippen LogP contribution in [0.15, 0.2) is 42.7 Å². The molecular formula is C32H39Cl2N7O5. The number of nitrogens with one attached hydrogen (secondary N) is 1. The van der Waals surface area contributed by atoms with Crippen molar-refractivity contribution >= 4 is 41.2 Å². The van der Waals surface area contributed by atoms with Crippen LogP contribution in [-0.4, -0.2) is 101 Å². The third kappa shape index (κ3) is 9.41. The third-order valence-corrected chi connectivity index (χ3v) is 8.79. The lowest BCUT2D eigenvalue weighted by Gasteiger charge is -2.39. The van der Waals surface area contributed by atoms with Crippen molar-refractivity contribution in [1.29, 1.82) is 0 Å². The molecule has 0 aliphatic carbocycles. The van der Waals surface area contributed by atoms with Crippen molar-refractivity contribution in [2.75, 3.05) is 57.8 Å². The van der Waals surface area contributed by atoms with Crippen LogP contribution in [0.2, 0.25) is 10.0 Å². The highest BCUT2D eigenvalue weighted by atomic mass is 35.5. The van der Waals surface area contributed by atoms with E-state index in [-0.39, 0.29) is 12.5 Å². The molecule has 0 unspecified atom stereocenters. The molecule has 0 spiro atoms. The minimum Gasteiger partial charge on any atom is -0.481 e. The van der Waals surface area contributed by atoms with Crippen molar-refractivity contribution in [3.05, 3.63) is 58.3 Å². The van der Waals surface area contributed by atoms with Crippen molar-refractivity contribution in [2.24, 2.45) is 5.92 Å². The summed E-state index contributed by atoms with van der Waals surface area (Å²) >= 11 is 12.6. The second-order valence-corrected chi connectivity index (χ2v) is 12.6. The lowest BCUT2D eigenvalue weighted by molar-refractivity contribution is -0.137. The van der Waals surface area contributed by atoms with Crippen LogP contribution in [0.4, 0.5) is 10.7 Å². The van der Waals surface area contributed by atoms with Crippen LogP contribution in [0.1, 0.15) is 31.7 Å². The number of rotatable bonds is 11. The van der Waals surface area contributed by atoms with Gasteiger partial charge in [-0.1, -0.05) is 23.2 Å². The molecule has 2 saturated heterocycles. The molecule has 246 valence electrons. The number of hydrogen-bond donors (Lipinski definition) is 2. The molecule has 2 N–H and O–H groups in total. The van der Waals surface area contributed by atoms with Gasteiger partial charge in [0.1, 0.15) is 0 Å². The van der Waals surface area contributed by atoms with E-state index >= 15 is 0 Å². The number of carbonyl (C=O) groups excluding carboxylic acids is 1. The zero-order valence-electron chi connectivity index (χ0n) is 26.0. The number of piperazine rings is 1. The maximum Gasteiger partial charge on any atom is 0.406 e. The van der Waals surface area contributed by atoms with Crippen LogP contribution in [0.25, 0.3) is 11.3 Å². The van der Waals surface area contributed by atoms with Gasteiger partial charge in [0.05, 0.1) is 31.6 Å². The molecule has 46 heavy (non-hydrogen) atoms. The molecule has 1 atom stereocenters. The second kappa shape index (κ2) is 15.7. The Balaban J connectivity index is 1.27. The molecule has 0 saturated carbocycles. The van der Waals surface area contributed by atoms with E-state index in [1.165, 1.54) is 7.11 Å². The van der Waals surface area contributed by atoms with Gasteiger partial charge in [-0.2, -0.15) is 0 Å². The predicted molar refractivity (Wildman–Crippen MR) is 176 cm³/mol. The number of benzene rings is 1. The number of halogens is 2. The highest BCUT2D eigenvalue weighted by Crippen LogP contribution is 2.31. The number of likely N-dealkylation sites (tertiary alicyclic amines) is 1. The summed E-state index contributed by atoms with van der Waals surface area (Å²) in [6.07, 6.45) is 4.94. The minimum atomic E-state index is -0.788. The lowest BCUT2D eigenvalue weighted by atomic mass is 9.96. The molecule has 1 amide bonds. The molecule has 0 bridgehead atoms. The Labute approximate surface area is 278 Å². The van der Waals surface area contributed by atoms with E-state index in [4.69, 9.17) is 42.8 Å². The van der Waals surface area contributed by atoms with E-state index in [2.05, 4.69) is 36.9 Å². The smallest absolute Gasteiger partial charge is 0.406 e. The van der Waals surface area contributed by atoms with E-state index in [9.17, 15) is 9.59 Å². The van der Waals surface area contributed by atoms with Gasteiger partial charge in [-0.3, -0.25) is 14.6 Å². The monoisotopic (exact) mass is 671 g/mol. The number of anilines is 1. The highest BCUT2D eigenvalue weighted by molar-refractivity contribution is 6.35. The fourth-order valence-electron chi connectivity index (χ4n) is 5.85. The number of aliphatic carboxylic acids is 1. The van der Waals surface area contributed by atoms with Gasteiger partial charge < -0.3 is 24.8 Å². The molecule has 2 aliphatic heterocycles. The molecular weight excluding hydrogens is 633 g/mol. The lowest BCUT2D eigenvalue weighted by Crippen LogP contribution is -2.52. The Morgan fingerprint density at radius 2 is 1.74 bits per heavy atom. The van der Waals surface area contributed by atoms with Crippen molar-refractivity contribution in [2.45, 2.75) is 38.8 Å². The number of alkyl carbamates (subject to hydrolysis) is 1. The molecule has 2 aromatic heterocycles. The van der Waals surface area contributed by atoms with Crippen molar-refractivity contribution in [3.8, 4) is 22.9 Å². The highest BCUT2D eigenvalue weighted by Gasteiger charge is 2.26. The number of methoxy groups -OCH3 is 1. The number of aromatic nitrogens is 3. The van der Waals surface area contributed by atoms with Crippen LogP contribution in [0, 0.1) is 5.92 Å². The Morgan fingerprint density at radius 3 is 2.39 bits per heavy atom. The summed E-state index contributed by atoms with van der Waals surface area (Å²) in [6, 6.07) is 9.46. The van der Waals surface area contributed by atoms with Gasteiger partial charge in [0.2, 0.25) is 11.8 Å². The van der Waals surface area contributed by atoms with Crippen molar-refractivity contribution in [1.82, 2.24) is 30.1 Å². The van der Waals surface area contributed by atoms with Crippen molar-refractivity contribution in [3.63, 3.8) is 0 Å². The molecule has 0 radical (unpaired) electrons. The van der Waals surface area contributed by atoms with Crippen LogP contribution < -0.4 is 15.0 Å². The van der Waals surface area contributed by atoms with Crippen molar-refractivity contribution < 1.29 is 24.2 Å². The summed E-state index contributed by atoms with van der Waals surface area (Å²) in [5.74, 6) is 1.07. The minimum absolute atomic E-state index is 0.128. The zero-order valence-corrected chi connectivity index (χ0v) is 27.5. The topological polar surface area (TPSA) is 133 Å². The Hall–Kier alpha value is -3.71. The van der Waals surface area contributed by atoms with E-state index in [0.29, 0.717) is 72.0 Å².